The van der Waals surface area contributed by atoms with Crippen LogP contribution in [0.15, 0.2) is 54.6 Å². The molecule has 2 aromatic rings. The second-order valence-electron chi connectivity index (χ2n) is 8.07. The average molecular weight is 445 g/mol. The molecule has 0 aliphatic carbocycles. The number of para-hydroxylation sites is 1. The summed E-state index contributed by atoms with van der Waals surface area (Å²) in [5.74, 6) is 0.382. The number of carbonyl (C=O) groups is 1. The Bertz CT molecular complexity index is 963. The summed E-state index contributed by atoms with van der Waals surface area (Å²) in [5, 5.41) is 3.04. The van der Waals surface area contributed by atoms with Crippen LogP contribution >= 0.6 is 0 Å². The van der Waals surface area contributed by atoms with Gasteiger partial charge in [0.15, 0.2) is 0 Å². The van der Waals surface area contributed by atoms with Gasteiger partial charge >= 0.3 is 0 Å². The van der Waals surface area contributed by atoms with Crippen LogP contribution in [0.3, 0.4) is 0 Å². The Balaban J connectivity index is 1.55. The van der Waals surface area contributed by atoms with Crippen LogP contribution in [0.5, 0.6) is 5.75 Å². The van der Waals surface area contributed by atoms with Crippen molar-refractivity contribution in [3.05, 3.63) is 65.7 Å². The number of rotatable bonds is 9. The van der Waals surface area contributed by atoms with E-state index in [2.05, 4.69) is 5.32 Å². The fraction of sp³-hybridized carbons (Fsp3) is 0.458. The number of sulfonamides is 1. The summed E-state index contributed by atoms with van der Waals surface area (Å²) in [4.78, 5) is 12.9. The van der Waals surface area contributed by atoms with Crippen LogP contribution in [-0.2, 0) is 21.2 Å². The zero-order valence-corrected chi connectivity index (χ0v) is 19.1. The van der Waals surface area contributed by atoms with Crippen LogP contribution in [0.25, 0.3) is 0 Å². The Morgan fingerprint density at radius 2 is 1.87 bits per heavy atom. The summed E-state index contributed by atoms with van der Waals surface area (Å²) in [6.45, 7) is 2.65. The van der Waals surface area contributed by atoms with Crippen molar-refractivity contribution in [1.29, 1.82) is 0 Å². The Morgan fingerprint density at radius 1 is 1.16 bits per heavy atom. The van der Waals surface area contributed by atoms with Gasteiger partial charge in [-0.2, -0.15) is 0 Å². The first-order chi connectivity index (χ1) is 14.9. The van der Waals surface area contributed by atoms with Gasteiger partial charge in [-0.15, -0.1) is 0 Å². The normalized spacial score (nSPS) is 18.3. The standard InChI is InChI=1S/C24H32N2O4S/c1-19(22-14-6-7-15-23(22)30-2)25-24(27)21-13-8-16-26(18-21)31(28,29)17-9-12-20-10-4-3-5-11-20/h3-7,10-11,14-15,19,21H,8-9,12-13,16-18H2,1-2H3,(H,25,27). The second-order valence-corrected chi connectivity index (χ2v) is 10.2. The molecular formula is C24H32N2O4S. The molecule has 1 aliphatic rings. The van der Waals surface area contributed by atoms with Gasteiger partial charge in [0.25, 0.3) is 0 Å². The van der Waals surface area contributed by atoms with E-state index < -0.39 is 10.0 Å². The topological polar surface area (TPSA) is 75.7 Å². The molecule has 2 atom stereocenters. The number of ether oxygens (including phenoxy) is 1. The van der Waals surface area contributed by atoms with Crippen molar-refractivity contribution >= 4 is 15.9 Å². The van der Waals surface area contributed by atoms with E-state index in [1.807, 2.05) is 61.5 Å². The molecule has 1 saturated heterocycles. The molecule has 0 aromatic heterocycles. The van der Waals surface area contributed by atoms with Gasteiger partial charge in [0.1, 0.15) is 5.75 Å². The van der Waals surface area contributed by atoms with Crippen molar-refractivity contribution in [2.75, 3.05) is 26.0 Å². The highest BCUT2D eigenvalue weighted by molar-refractivity contribution is 7.89. The minimum Gasteiger partial charge on any atom is -0.496 e. The number of hydrogen-bond donors (Lipinski definition) is 1. The minimum atomic E-state index is -3.38. The predicted octanol–water partition coefficient (Wildman–Crippen LogP) is 3.55. The van der Waals surface area contributed by atoms with E-state index >= 15 is 0 Å². The van der Waals surface area contributed by atoms with Gasteiger partial charge in [-0.05, 0) is 44.2 Å². The summed E-state index contributed by atoms with van der Waals surface area (Å²) >= 11 is 0. The monoisotopic (exact) mass is 444 g/mol. The molecule has 6 nitrogen and oxygen atoms in total. The molecule has 1 heterocycles. The lowest BCUT2D eigenvalue weighted by atomic mass is 9.97. The first-order valence-corrected chi connectivity index (χ1v) is 12.5. The number of piperidine rings is 1. The van der Waals surface area contributed by atoms with Crippen LogP contribution < -0.4 is 10.1 Å². The largest absolute Gasteiger partial charge is 0.496 e. The Labute approximate surface area is 185 Å². The molecule has 0 saturated carbocycles. The van der Waals surface area contributed by atoms with E-state index in [0.717, 1.165) is 23.3 Å². The fourth-order valence-electron chi connectivity index (χ4n) is 4.07. The maximum atomic E-state index is 12.9. The van der Waals surface area contributed by atoms with E-state index in [-0.39, 0.29) is 30.2 Å². The number of nitrogens with zero attached hydrogens (tertiary/aromatic N) is 1. The number of methoxy groups -OCH3 is 1. The summed E-state index contributed by atoms with van der Waals surface area (Å²) in [5.41, 5.74) is 2.04. The van der Waals surface area contributed by atoms with Crippen LogP contribution in [0.2, 0.25) is 0 Å². The molecule has 0 bridgehead atoms. The lowest BCUT2D eigenvalue weighted by Gasteiger charge is -2.32. The predicted molar refractivity (Wildman–Crippen MR) is 122 cm³/mol. The zero-order chi connectivity index (χ0) is 22.3. The Hall–Kier alpha value is -2.38. The third kappa shape index (κ3) is 6.31. The van der Waals surface area contributed by atoms with E-state index in [1.54, 1.807) is 7.11 Å². The maximum absolute atomic E-state index is 12.9. The highest BCUT2D eigenvalue weighted by atomic mass is 32.2. The van der Waals surface area contributed by atoms with E-state index in [9.17, 15) is 13.2 Å². The lowest BCUT2D eigenvalue weighted by Crippen LogP contribution is -2.46. The molecule has 31 heavy (non-hydrogen) atoms. The van der Waals surface area contributed by atoms with Crippen molar-refractivity contribution in [3.8, 4) is 5.75 Å². The molecule has 0 radical (unpaired) electrons. The molecule has 168 valence electrons. The van der Waals surface area contributed by atoms with E-state index in [0.29, 0.717) is 25.8 Å². The molecular weight excluding hydrogens is 412 g/mol. The fourth-order valence-corrected chi connectivity index (χ4v) is 5.66. The smallest absolute Gasteiger partial charge is 0.224 e. The van der Waals surface area contributed by atoms with Crippen LogP contribution in [0, 0.1) is 5.92 Å². The summed E-state index contributed by atoms with van der Waals surface area (Å²) < 4.78 is 32.6. The van der Waals surface area contributed by atoms with Crippen molar-refractivity contribution in [2.24, 2.45) is 5.92 Å². The highest BCUT2D eigenvalue weighted by Crippen LogP contribution is 2.26. The third-order valence-electron chi connectivity index (χ3n) is 5.82. The van der Waals surface area contributed by atoms with Crippen molar-refractivity contribution < 1.29 is 17.9 Å². The number of nitrogens with one attached hydrogen (secondary N) is 1. The molecule has 1 amide bonds. The summed E-state index contributed by atoms with van der Waals surface area (Å²) in [6.07, 6.45) is 2.69. The molecule has 2 aromatic carbocycles. The average Bonchev–Trinajstić information content (AvgIpc) is 2.79. The van der Waals surface area contributed by atoms with Crippen LogP contribution in [0.4, 0.5) is 0 Å². The highest BCUT2D eigenvalue weighted by Gasteiger charge is 2.32. The van der Waals surface area contributed by atoms with Crippen LogP contribution in [0.1, 0.15) is 43.4 Å². The van der Waals surface area contributed by atoms with Crippen LogP contribution in [-0.4, -0.2) is 44.6 Å². The molecule has 2 unspecified atom stereocenters. The lowest BCUT2D eigenvalue weighted by molar-refractivity contribution is -0.126. The van der Waals surface area contributed by atoms with Gasteiger partial charge in [0.2, 0.25) is 15.9 Å². The van der Waals surface area contributed by atoms with E-state index in [4.69, 9.17) is 4.74 Å². The van der Waals surface area contributed by atoms with Gasteiger partial charge in [-0.3, -0.25) is 4.79 Å². The van der Waals surface area contributed by atoms with Crippen molar-refractivity contribution in [1.82, 2.24) is 9.62 Å². The second kappa shape index (κ2) is 10.8. The number of aryl methyl sites for hydroxylation is 1. The zero-order valence-electron chi connectivity index (χ0n) is 18.3. The van der Waals surface area contributed by atoms with Crippen molar-refractivity contribution in [3.63, 3.8) is 0 Å². The van der Waals surface area contributed by atoms with Gasteiger partial charge in [-0.1, -0.05) is 48.5 Å². The molecule has 0 spiro atoms. The number of amides is 1. The minimum absolute atomic E-state index is 0.105. The Kier molecular flexibility index (Phi) is 8.09. The van der Waals surface area contributed by atoms with Gasteiger partial charge < -0.3 is 10.1 Å². The molecule has 1 N–H and O–H groups in total. The molecule has 1 aliphatic heterocycles. The Morgan fingerprint density at radius 3 is 2.61 bits per heavy atom. The maximum Gasteiger partial charge on any atom is 0.224 e. The molecule has 7 heteroatoms. The van der Waals surface area contributed by atoms with Gasteiger partial charge in [0.05, 0.1) is 24.8 Å². The number of benzene rings is 2. The number of hydrogen-bond acceptors (Lipinski definition) is 4. The molecule has 1 fully saturated rings. The van der Waals surface area contributed by atoms with E-state index in [1.165, 1.54) is 4.31 Å². The first kappa shape index (κ1) is 23.3. The van der Waals surface area contributed by atoms with Gasteiger partial charge in [0, 0.05) is 18.7 Å². The third-order valence-corrected chi connectivity index (χ3v) is 7.75. The van der Waals surface area contributed by atoms with Gasteiger partial charge in [-0.25, -0.2) is 12.7 Å². The summed E-state index contributed by atoms with van der Waals surface area (Å²) in [7, 11) is -1.77. The first-order valence-electron chi connectivity index (χ1n) is 10.9. The SMILES string of the molecule is COc1ccccc1C(C)NC(=O)C1CCCN(S(=O)(=O)CCCc2ccccc2)C1. The number of carbonyl (C=O) groups excluding carboxylic acids is 1. The molecule has 3 rings (SSSR count). The van der Waals surface area contributed by atoms with Crippen molar-refractivity contribution in [2.45, 2.75) is 38.6 Å². The quantitative estimate of drug-likeness (QED) is 0.642. The summed E-state index contributed by atoms with van der Waals surface area (Å²) in [6, 6.07) is 17.3.